The van der Waals surface area contributed by atoms with Crippen molar-refractivity contribution in [1.82, 2.24) is 9.97 Å². The summed E-state index contributed by atoms with van der Waals surface area (Å²) in [6.07, 6.45) is 5.48. The standard InChI is InChI=1S/C24H22Cl2N4O2/c25-15-4-6-17-19(8-11-28-22(17)13-15)27-10-2-1-3-21(24(31)32)30-20-9-12-29-23-14-16(26)5-7-18(20)23/h4-9,11-14,21H,1-3,10H2,(H,27,28)(H,29,30)(H,31,32)/t21-/m0/s1. The average molecular weight is 469 g/mol. The molecule has 4 aromatic rings. The molecule has 0 amide bonds. The van der Waals surface area contributed by atoms with Gasteiger partial charge in [-0.15, -0.1) is 0 Å². The minimum Gasteiger partial charge on any atom is -0.480 e. The number of carboxylic acid groups (broad SMARTS) is 1. The molecule has 0 unspecified atom stereocenters. The number of nitrogens with zero attached hydrogens (tertiary/aromatic N) is 2. The summed E-state index contributed by atoms with van der Waals surface area (Å²) < 4.78 is 0. The Morgan fingerprint density at radius 1 is 0.875 bits per heavy atom. The van der Waals surface area contributed by atoms with Gasteiger partial charge in [-0.2, -0.15) is 0 Å². The highest BCUT2D eigenvalue weighted by Gasteiger charge is 2.18. The second-order valence-electron chi connectivity index (χ2n) is 7.50. The van der Waals surface area contributed by atoms with Crippen molar-refractivity contribution in [2.45, 2.75) is 25.3 Å². The van der Waals surface area contributed by atoms with Crippen molar-refractivity contribution in [3.63, 3.8) is 0 Å². The number of halogens is 2. The van der Waals surface area contributed by atoms with Crippen molar-refractivity contribution < 1.29 is 9.90 Å². The Morgan fingerprint density at radius 3 is 2.09 bits per heavy atom. The number of carboxylic acids is 1. The zero-order chi connectivity index (χ0) is 22.5. The minimum absolute atomic E-state index is 0.501. The Labute approximate surface area is 195 Å². The molecule has 0 bridgehead atoms. The lowest BCUT2D eigenvalue weighted by Crippen LogP contribution is -2.29. The summed E-state index contributed by atoms with van der Waals surface area (Å²) in [6.45, 7) is 0.727. The molecular weight excluding hydrogens is 447 g/mol. The van der Waals surface area contributed by atoms with E-state index in [0.717, 1.165) is 52.6 Å². The van der Waals surface area contributed by atoms with Gasteiger partial charge < -0.3 is 15.7 Å². The first-order chi connectivity index (χ1) is 15.5. The highest BCUT2D eigenvalue weighted by atomic mass is 35.5. The van der Waals surface area contributed by atoms with E-state index in [1.165, 1.54) is 0 Å². The van der Waals surface area contributed by atoms with Crippen molar-refractivity contribution in [3.8, 4) is 0 Å². The van der Waals surface area contributed by atoms with E-state index in [1.807, 2.05) is 30.3 Å². The maximum Gasteiger partial charge on any atom is 0.326 e. The molecule has 0 saturated carbocycles. The molecule has 0 saturated heterocycles. The number of benzene rings is 2. The molecule has 0 aliphatic carbocycles. The number of pyridine rings is 2. The Kier molecular flexibility index (Phi) is 6.93. The van der Waals surface area contributed by atoms with Gasteiger partial charge in [0.25, 0.3) is 0 Å². The molecule has 0 radical (unpaired) electrons. The van der Waals surface area contributed by atoms with Crippen LogP contribution in [0.4, 0.5) is 11.4 Å². The van der Waals surface area contributed by atoms with Crippen LogP contribution in [0.25, 0.3) is 21.8 Å². The number of fused-ring (bicyclic) bond motifs is 2. The molecule has 0 aliphatic rings. The summed E-state index contributed by atoms with van der Waals surface area (Å²) in [7, 11) is 0. The van der Waals surface area contributed by atoms with Gasteiger partial charge >= 0.3 is 5.97 Å². The van der Waals surface area contributed by atoms with E-state index >= 15 is 0 Å². The lowest BCUT2D eigenvalue weighted by molar-refractivity contribution is -0.138. The minimum atomic E-state index is -0.881. The highest BCUT2D eigenvalue weighted by molar-refractivity contribution is 6.31. The number of aliphatic carboxylic acids is 1. The quantitative estimate of drug-likeness (QED) is 0.252. The number of unbranched alkanes of at least 4 members (excludes halogenated alkanes) is 1. The fraction of sp³-hybridized carbons (Fsp3) is 0.208. The van der Waals surface area contributed by atoms with Crippen molar-refractivity contribution in [2.24, 2.45) is 0 Å². The third-order valence-corrected chi connectivity index (χ3v) is 5.74. The van der Waals surface area contributed by atoms with E-state index in [2.05, 4.69) is 20.6 Å². The number of hydrogen-bond donors (Lipinski definition) is 3. The van der Waals surface area contributed by atoms with Crippen LogP contribution < -0.4 is 10.6 Å². The number of nitrogens with one attached hydrogen (secondary N) is 2. The number of carbonyl (C=O) groups is 1. The van der Waals surface area contributed by atoms with Gasteiger partial charge in [0.1, 0.15) is 6.04 Å². The molecule has 3 N–H and O–H groups in total. The highest BCUT2D eigenvalue weighted by Crippen LogP contribution is 2.26. The first-order valence-electron chi connectivity index (χ1n) is 10.3. The molecule has 0 fully saturated rings. The maximum atomic E-state index is 11.8. The topological polar surface area (TPSA) is 87.1 Å². The molecule has 0 spiro atoms. The molecule has 2 aromatic heterocycles. The van der Waals surface area contributed by atoms with Crippen LogP contribution in [0, 0.1) is 0 Å². The molecule has 1 atom stereocenters. The van der Waals surface area contributed by atoms with Gasteiger partial charge in [0.2, 0.25) is 0 Å². The molecule has 2 heterocycles. The van der Waals surface area contributed by atoms with E-state index in [1.54, 1.807) is 30.6 Å². The third-order valence-electron chi connectivity index (χ3n) is 5.27. The van der Waals surface area contributed by atoms with Crippen LogP contribution in [0.15, 0.2) is 60.9 Å². The Hall–Kier alpha value is -3.09. The summed E-state index contributed by atoms with van der Waals surface area (Å²) in [5, 5.41) is 19.4. The molecule has 164 valence electrons. The van der Waals surface area contributed by atoms with Crippen LogP contribution in [0.3, 0.4) is 0 Å². The zero-order valence-electron chi connectivity index (χ0n) is 17.2. The van der Waals surface area contributed by atoms with Gasteiger partial charge in [0.15, 0.2) is 0 Å². The van der Waals surface area contributed by atoms with Crippen molar-refractivity contribution >= 4 is 62.4 Å². The fourth-order valence-electron chi connectivity index (χ4n) is 3.66. The van der Waals surface area contributed by atoms with Crippen LogP contribution >= 0.6 is 23.2 Å². The van der Waals surface area contributed by atoms with Gasteiger partial charge in [-0.1, -0.05) is 23.2 Å². The molecule has 8 heteroatoms. The molecule has 32 heavy (non-hydrogen) atoms. The second kappa shape index (κ2) is 10.0. The van der Waals surface area contributed by atoms with Gasteiger partial charge in [-0.25, -0.2) is 4.79 Å². The summed E-state index contributed by atoms with van der Waals surface area (Å²) in [5.41, 5.74) is 3.28. The van der Waals surface area contributed by atoms with Crippen molar-refractivity contribution in [1.29, 1.82) is 0 Å². The van der Waals surface area contributed by atoms with Crippen LogP contribution in [-0.2, 0) is 4.79 Å². The summed E-state index contributed by atoms with van der Waals surface area (Å²) in [4.78, 5) is 20.5. The van der Waals surface area contributed by atoms with E-state index in [9.17, 15) is 9.90 Å². The third kappa shape index (κ3) is 5.21. The largest absolute Gasteiger partial charge is 0.480 e. The van der Waals surface area contributed by atoms with E-state index in [-0.39, 0.29) is 0 Å². The molecule has 4 rings (SSSR count). The van der Waals surface area contributed by atoms with Gasteiger partial charge in [0, 0.05) is 51.1 Å². The van der Waals surface area contributed by atoms with Gasteiger partial charge in [-0.05, 0) is 67.8 Å². The molecular formula is C24H22Cl2N4O2. The van der Waals surface area contributed by atoms with Crippen LogP contribution in [0.2, 0.25) is 10.0 Å². The summed E-state index contributed by atoms with van der Waals surface area (Å²) in [5.74, 6) is -0.881. The second-order valence-corrected chi connectivity index (χ2v) is 8.37. The molecule has 2 aromatic carbocycles. The fourth-order valence-corrected chi connectivity index (χ4v) is 4.00. The number of aromatic nitrogens is 2. The maximum absolute atomic E-state index is 11.8. The molecule has 6 nitrogen and oxygen atoms in total. The summed E-state index contributed by atoms with van der Waals surface area (Å²) in [6, 6.07) is 14.0. The lowest BCUT2D eigenvalue weighted by Gasteiger charge is -2.17. The smallest absolute Gasteiger partial charge is 0.326 e. The predicted octanol–water partition coefficient (Wildman–Crippen LogP) is 6.24. The van der Waals surface area contributed by atoms with Crippen molar-refractivity contribution in [3.05, 3.63) is 71.0 Å². The summed E-state index contributed by atoms with van der Waals surface area (Å²) >= 11 is 12.1. The first kappa shape index (κ1) is 22.1. The monoisotopic (exact) mass is 468 g/mol. The number of rotatable bonds is 9. The SMILES string of the molecule is O=C(O)[C@H](CCCCNc1ccnc2cc(Cl)ccc12)Nc1ccnc2cc(Cl)ccc12. The van der Waals surface area contributed by atoms with E-state index in [0.29, 0.717) is 16.5 Å². The van der Waals surface area contributed by atoms with Crippen LogP contribution in [0.1, 0.15) is 19.3 Å². The van der Waals surface area contributed by atoms with Crippen LogP contribution in [-0.4, -0.2) is 33.6 Å². The normalized spacial score (nSPS) is 12.1. The Morgan fingerprint density at radius 2 is 1.47 bits per heavy atom. The van der Waals surface area contributed by atoms with Gasteiger partial charge in [-0.3, -0.25) is 9.97 Å². The Balaban J connectivity index is 1.34. The number of anilines is 2. The predicted molar refractivity (Wildman–Crippen MR) is 131 cm³/mol. The average Bonchev–Trinajstić information content (AvgIpc) is 2.77. The zero-order valence-corrected chi connectivity index (χ0v) is 18.7. The van der Waals surface area contributed by atoms with E-state index in [4.69, 9.17) is 23.2 Å². The van der Waals surface area contributed by atoms with Gasteiger partial charge in [0.05, 0.1) is 11.0 Å². The first-order valence-corrected chi connectivity index (χ1v) is 11.1. The number of hydrogen-bond acceptors (Lipinski definition) is 5. The Bertz CT molecular complexity index is 1270. The lowest BCUT2D eigenvalue weighted by atomic mass is 10.1. The van der Waals surface area contributed by atoms with E-state index < -0.39 is 12.0 Å². The van der Waals surface area contributed by atoms with Crippen LogP contribution in [0.5, 0.6) is 0 Å². The molecule has 0 aliphatic heterocycles. The van der Waals surface area contributed by atoms with Crippen molar-refractivity contribution in [2.75, 3.05) is 17.2 Å².